The maximum atomic E-state index is 13.0. The lowest BCUT2D eigenvalue weighted by Gasteiger charge is -2.22. The summed E-state index contributed by atoms with van der Waals surface area (Å²) >= 11 is 0. The summed E-state index contributed by atoms with van der Waals surface area (Å²) in [5.41, 5.74) is 2.68. The highest BCUT2D eigenvalue weighted by molar-refractivity contribution is 5.97. The molecule has 34 heavy (non-hydrogen) atoms. The molecule has 0 saturated heterocycles. The quantitative estimate of drug-likeness (QED) is 0.229. The van der Waals surface area contributed by atoms with Gasteiger partial charge in [-0.2, -0.15) is 0 Å². The molecule has 3 rings (SSSR count). The van der Waals surface area contributed by atoms with Crippen molar-refractivity contribution >= 4 is 11.8 Å². The fourth-order valence-corrected chi connectivity index (χ4v) is 3.87. The third-order valence-electron chi connectivity index (χ3n) is 5.76. The highest BCUT2D eigenvalue weighted by Gasteiger charge is 2.14. The van der Waals surface area contributed by atoms with Crippen molar-refractivity contribution in [3.8, 4) is 5.75 Å². The maximum Gasteiger partial charge on any atom is 0.336 e. The van der Waals surface area contributed by atoms with E-state index in [1.807, 2.05) is 18.2 Å². The van der Waals surface area contributed by atoms with Gasteiger partial charge in [-0.25, -0.2) is 4.79 Å². The van der Waals surface area contributed by atoms with Crippen LogP contribution in [0.4, 0.5) is 0 Å². The van der Waals surface area contributed by atoms with Gasteiger partial charge in [-0.05, 0) is 48.9 Å². The third kappa shape index (κ3) is 7.85. The Morgan fingerprint density at radius 3 is 2.26 bits per heavy atom. The van der Waals surface area contributed by atoms with E-state index in [0.717, 1.165) is 19.5 Å². The number of Topliss-reactive ketones (excluding diaryl/α,β-unsaturated/α-hetero) is 1. The second-order valence-electron chi connectivity index (χ2n) is 8.46. The first-order valence-electron chi connectivity index (χ1n) is 11.9. The number of hydrogen-bond donors (Lipinski definition) is 1. The number of ketones is 1. The van der Waals surface area contributed by atoms with Gasteiger partial charge in [0.05, 0.1) is 12.1 Å². The molecular formula is C29H33NO4. The number of unbranched alkanes of at least 4 members (excludes halogenated alkanes) is 3. The van der Waals surface area contributed by atoms with Gasteiger partial charge in [-0.3, -0.25) is 9.69 Å². The number of ether oxygens (including phenoxy) is 1. The Bertz CT molecular complexity index is 1050. The smallest absolute Gasteiger partial charge is 0.336 e. The first-order chi connectivity index (χ1) is 16.6. The number of carboxylic acid groups (broad SMARTS) is 1. The Kier molecular flexibility index (Phi) is 9.86. The summed E-state index contributed by atoms with van der Waals surface area (Å²) in [7, 11) is 0. The van der Waals surface area contributed by atoms with Crippen molar-refractivity contribution in [1.82, 2.24) is 4.90 Å². The number of carbonyl (C=O) groups is 2. The number of carboxylic acids is 1. The minimum Gasteiger partial charge on any atom is -0.489 e. The molecule has 0 spiro atoms. The molecule has 0 bridgehead atoms. The highest BCUT2D eigenvalue weighted by Crippen LogP contribution is 2.17. The summed E-state index contributed by atoms with van der Waals surface area (Å²) in [5.74, 6) is -0.304. The zero-order valence-corrected chi connectivity index (χ0v) is 19.8. The molecule has 0 aliphatic heterocycles. The molecule has 0 unspecified atom stereocenters. The molecule has 5 nitrogen and oxygen atoms in total. The van der Waals surface area contributed by atoms with Gasteiger partial charge in [-0.15, -0.1) is 0 Å². The molecule has 0 saturated carbocycles. The van der Waals surface area contributed by atoms with Crippen LogP contribution in [-0.4, -0.2) is 34.8 Å². The van der Waals surface area contributed by atoms with Crippen LogP contribution in [0.2, 0.25) is 0 Å². The van der Waals surface area contributed by atoms with Gasteiger partial charge >= 0.3 is 5.97 Å². The van der Waals surface area contributed by atoms with E-state index in [-0.39, 0.29) is 18.0 Å². The summed E-state index contributed by atoms with van der Waals surface area (Å²) in [5, 5.41) is 9.31. The Balaban J connectivity index is 1.59. The minimum atomic E-state index is -0.977. The predicted molar refractivity (Wildman–Crippen MR) is 134 cm³/mol. The van der Waals surface area contributed by atoms with Gasteiger partial charge < -0.3 is 9.84 Å². The minimum absolute atomic E-state index is 0.0780. The Morgan fingerprint density at radius 2 is 1.56 bits per heavy atom. The Labute approximate surface area is 202 Å². The van der Waals surface area contributed by atoms with E-state index in [2.05, 4.69) is 24.0 Å². The van der Waals surface area contributed by atoms with E-state index in [9.17, 15) is 14.7 Å². The number of hydrogen-bond acceptors (Lipinski definition) is 4. The fourth-order valence-electron chi connectivity index (χ4n) is 3.87. The Morgan fingerprint density at radius 1 is 0.853 bits per heavy atom. The first kappa shape index (κ1) is 25.2. The van der Waals surface area contributed by atoms with Crippen LogP contribution in [-0.2, 0) is 13.2 Å². The molecule has 0 heterocycles. The highest BCUT2D eigenvalue weighted by atomic mass is 16.5. The summed E-state index contributed by atoms with van der Waals surface area (Å²) in [6, 6.07) is 24.1. The van der Waals surface area contributed by atoms with Crippen molar-refractivity contribution in [2.45, 2.75) is 45.8 Å². The van der Waals surface area contributed by atoms with Crippen LogP contribution >= 0.6 is 0 Å². The molecule has 3 aromatic carbocycles. The molecule has 1 N–H and O–H groups in total. The summed E-state index contributed by atoms with van der Waals surface area (Å²) < 4.78 is 5.77. The third-order valence-corrected chi connectivity index (χ3v) is 5.76. The van der Waals surface area contributed by atoms with Crippen LogP contribution < -0.4 is 4.74 Å². The van der Waals surface area contributed by atoms with Crippen molar-refractivity contribution in [3.63, 3.8) is 0 Å². The van der Waals surface area contributed by atoms with Crippen molar-refractivity contribution in [1.29, 1.82) is 0 Å². The largest absolute Gasteiger partial charge is 0.489 e. The van der Waals surface area contributed by atoms with E-state index in [0.29, 0.717) is 23.4 Å². The van der Waals surface area contributed by atoms with Crippen LogP contribution in [0.15, 0.2) is 78.9 Å². The maximum absolute atomic E-state index is 13.0. The zero-order chi connectivity index (χ0) is 24.2. The second-order valence-corrected chi connectivity index (χ2v) is 8.46. The molecule has 0 aliphatic rings. The van der Waals surface area contributed by atoms with Gasteiger partial charge in [0.25, 0.3) is 0 Å². The lowest BCUT2D eigenvalue weighted by Crippen LogP contribution is -2.30. The van der Waals surface area contributed by atoms with Crippen molar-refractivity contribution in [3.05, 3.63) is 101 Å². The Hall–Kier alpha value is -3.44. The number of aromatic carboxylic acids is 1. The lowest BCUT2D eigenvalue weighted by atomic mass is 10.1. The van der Waals surface area contributed by atoms with E-state index in [1.165, 1.54) is 24.8 Å². The van der Waals surface area contributed by atoms with Gasteiger partial charge in [0.2, 0.25) is 0 Å². The molecular weight excluding hydrogens is 426 g/mol. The monoisotopic (exact) mass is 459 g/mol. The lowest BCUT2D eigenvalue weighted by molar-refractivity contribution is 0.0693. The van der Waals surface area contributed by atoms with E-state index in [4.69, 9.17) is 4.74 Å². The van der Waals surface area contributed by atoms with Crippen molar-refractivity contribution in [2.75, 3.05) is 13.1 Å². The molecule has 178 valence electrons. The van der Waals surface area contributed by atoms with Crippen LogP contribution in [0.1, 0.15) is 64.4 Å². The second kappa shape index (κ2) is 13.3. The van der Waals surface area contributed by atoms with Crippen LogP contribution in [0.3, 0.4) is 0 Å². The number of nitrogens with zero attached hydrogens (tertiary/aromatic N) is 1. The molecule has 0 fully saturated rings. The normalized spacial score (nSPS) is 10.9. The number of benzene rings is 3. The standard InChI is InChI=1S/C29H33NO4/c1-2-3-4-10-19-30(20-23-11-6-5-7-12-23)21-28(31)24-15-17-26(18-16-24)34-22-25-13-8-9-14-27(25)29(32)33/h5-9,11-18H,2-4,10,19-22H2,1H3,(H,32,33). The average molecular weight is 460 g/mol. The molecule has 0 aliphatic carbocycles. The van der Waals surface area contributed by atoms with Crippen molar-refractivity contribution < 1.29 is 19.4 Å². The van der Waals surface area contributed by atoms with Gasteiger partial charge in [0.1, 0.15) is 12.4 Å². The molecule has 3 aromatic rings. The average Bonchev–Trinajstić information content (AvgIpc) is 2.86. The van der Waals surface area contributed by atoms with Gasteiger partial charge in [0.15, 0.2) is 5.78 Å². The summed E-state index contributed by atoms with van der Waals surface area (Å²) in [6.45, 7) is 4.36. The van der Waals surface area contributed by atoms with Gasteiger partial charge in [0, 0.05) is 17.7 Å². The van der Waals surface area contributed by atoms with E-state index < -0.39 is 5.97 Å². The molecule has 0 aromatic heterocycles. The first-order valence-corrected chi connectivity index (χ1v) is 11.9. The fraction of sp³-hybridized carbons (Fsp3) is 0.310. The number of carbonyl (C=O) groups excluding carboxylic acids is 1. The van der Waals surface area contributed by atoms with Crippen LogP contribution in [0.25, 0.3) is 0 Å². The zero-order valence-electron chi connectivity index (χ0n) is 19.8. The van der Waals surface area contributed by atoms with E-state index in [1.54, 1.807) is 48.5 Å². The van der Waals surface area contributed by atoms with Crippen LogP contribution in [0.5, 0.6) is 5.75 Å². The topological polar surface area (TPSA) is 66.8 Å². The molecule has 5 heteroatoms. The molecule has 0 atom stereocenters. The van der Waals surface area contributed by atoms with Gasteiger partial charge in [-0.1, -0.05) is 74.7 Å². The van der Waals surface area contributed by atoms with E-state index >= 15 is 0 Å². The summed E-state index contributed by atoms with van der Waals surface area (Å²) in [4.78, 5) is 26.6. The van der Waals surface area contributed by atoms with Crippen molar-refractivity contribution in [2.24, 2.45) is 0 Å². The SMILES string of the molecule is CCCCCCN(CC(=O)c1ccc(OCc2ccccc2C(=O)O)cc1)Cc1ccccc1. The van der Waals surface area contributed by atoms with Crippen LogP contribution in [0, 0.1) is 0 Å². The molecule has 0 amide bonds. The number of rotatable bonds is 14. The molecule has 0 radical (unpaired) electrons. The summed E-state index contributed by atoms with van der Waals surface area (Å²) in [6.07, 6.45) is 4.66. The predicted octanol–water partition coefficient (Wildman–Crippen LogP) is 6.23.